The number of alkyl halides is 2. The summed E-state index contributed by atoms with van der Waals surface area (Å²) >= 11 is 3.10. The van der Waals surface area contributed by atoms with E-state index in [4.69, 9.17) is 9.63 Å². The molecule has 2 aromatic rings. The minimum atomic E-state index is -5.04. The highest BCUT2D eigenvalue weighted by atomic mass is 79.9. The molecule has 0 fully saturated rings. The molecule has 0 aliphatic rings. The van der Waals surface area contributed by atoms with E-state index in [1.54, 1.807) is 12.1 Å². The molecular weight excluding hydrogens is 469 g/mol. The van der Waals surface area contributed by atoms with Crippen LogP contribution in [0.15, 0.2) is 51.8 Å². The van der Waals surface area contributed by atoms with Crippen LogP contribution in [0.3, 0.4) is 0 Å². The van der Waals surface area contributed by atoms with Crippen molar-refractivity contribution in [2.24, 2.45) is 0 Å². The van der Waals surface area contributed by atoms with Crippen molar-refractivity contribution in [1.29, 1.82) is 0 Å². The van der Waals surface area contributed by atoms with Crippen LogP contribution < -0.4 is 4.52 Å². The molecule has 0 spiro atoms. The second-order valence-corrected chi connectivity index (χ2v) is 10.2. The van der Waals surface area contributed by atoms with Gasteiger partial charge in [0.15, 0.2) is 9.84 Å². The number of hydrogen-bond acceptors (Lipinski definition) is 5. The Morgan fingerprint density at radius 2 is 1.67 bits per heavy atom. The normalized spacial score (nSPS) is 14.1. The quantitative estimate of drug-likeness (QED) is 0.560. The molecule has 0 bridgehead atoms. The maximum absolute atomic E-state index is 12.4. The molecule has 1 N–H and O–H groups in total. The molecule has 1 unspecified atom stereocenters. The molecule has 1 atom stereocenters. The summed E-state index contributed by atoms with van der Waals surface area (Å²) in [5, 5.41) is 0. The fourth-order valence-electron chi connectivity index (χ4n) is 2.01. The van der Waals surface area contributed by atoms with Crippen LogP contribution in [0.25, 0.3) is 0 Å². The molecule has 0 saturated carbocycles. The lowest BCUT2D eigenvalue weighted by Crippen LogP contribution is -2.02. The third kappa shape index (κ3) is 6.36. The van der Waals surface area contributed by atoms with E-state index < -0.39 is 23.6 Å². The van der Waals surface area contributed by atoms with E-state index in [9.17, 15) is 21.8 Å². The largest absolute Gasteiger partial charge is 0.442 e. The maximum atomic E-state index is 12.4. The van der Waals surface area contributed by atoms with Gasteiger partial charge in [0, 0.05) is 6.26 Å². The Labute approximate surface area is 163 Å². The van der Waals surface area contributed by atoms with Crippen LogP contribution in [-0.4, -0.2) is 25.7 Å². The van der Waals surface area contributed by atoms with Gasteiger partial charge < -0.3 is 14.2 Å². The van der Waals surface area contributed by atoms with Gasteiger partial charge in [0.05, 0.1) is 22.6 Å². The van der Waals surface area contributed by atoms with Gasteiger partial charge in [-0.1, -0.05) is 18.2 Å². The molecule has 0 saturated heterocycles. The molecule has 0 aliphatic heterocycles. The van der Waals surface area contributed by atoms with Crippen molar-refractivity contribution in [3.8, 4) is 5.75 Å². The summed E-state index contributed by atoms with van der Waals surface area (Å²) in [6.45, 7) is 0.412. The standard InChI is InChI=1S/C16H16BrF2O6PS/c1-27(22,23)13-5-2-11(3-6-13)9-24-10-12-4-7-15(14(17)8-12)25-26(20,21)16(18)19/h2-8,16H,9-10H2,1H3,(H,20,21). The Morgan fingerprint density at radius 1 is 1.11 bits per heavy atom. The predicted molar refractivity (Wildman–Crippen MR) is 98.6 cm³/mol. The number of ether oxygens (including phenoxy) is 1. The topological polar surface area (TPSA) is 89.9 Å². The van der Waals surface area contributed by atoms with E-state index >= 15 is 0 Å². The maximum Gasteiger partial charge on any atom is 0.442 e. The highest BCUT2D eigenvalue weighted by Crippen LogP contribution is 2.50. The smallest absolute Gasteiger partial charge is 0.420 e. The Morgan fingerprint density at radius 3 is 2.19 bits per heavy atom. The first-order valence-corrected chi connectivity index (χ1v) is 11.8. The molecule has 0 heterocycles. The molecule has 0 radical (unpaired) electrons. The molecule has 11 heteroatoms. The number of hydrogen-bond donors (Lipinski definition) is 1. The molecule has 148 valence electrons. The van der Waals surface area contributed by atoms with E-state index in [1.807, 2.05) is 0 Å². The average molecular weight is 485 g/mol. The summed E-state index contributed by atoms with van der Waals surface area (Å²) in [4.78, 5) is 9.29. The van der Waals surface area contributed by atoms with Crippen LogP contribution in [0.4, 0.5) is 8.78 Å². The first kappa shape index (κ1) is 22.0. The minimum Gasteiger partial charge on any atom is -0.420 e. The van der Waals surface area contributed by atoms with Gasteiger partial charge in [-0.25, -0.2) is 13.0 Å². The average Bonchev–Trinajstić information content (AvgIpc) is 2.57. The van der Waals surface area contributed by atoms with Crippen molar-refractivity contribution in [3.63, 3.8) is 0 Å². The Balaban J connectivity index is 1.95. The summed E-state index contributed by atoms with van der Waals surface area (Å²) < 4.78 is 69.1. The molecule has 0 amide bonds. The molecule has 0 aliphatic carbocycles. The van der Waals surface area contributed by atoms with Crippen LogP contribution in [0.5, 0.6) is 5.75 Å². The van der Waals surface area contributed by atoms with E-state index in [2.05, 4.69) is 20.5 Å². The summed E-state index contributed by atoms with van der Waals surface area (Å²) in [6.07, 6.45) is -2.37. The molecule has 0 aromatic heterocycles. The second kappa shape index (κ2) is 8.79. The highest BCUT2D eigenvalue weighted by Gasteiger charge is 2.34. The molecule has 6 nitrogen and oxygen atoms in total. The van der Waals surface area contributed by atoms with Crippen molar-refractivity contribution in [2.75, 3.05) is 6.26 Å². The summed E-state index contributed by atoms with van der Waals surface area (Å²) in [5.74, 6) is -0.179. The zero-order chi connectivity index (χ0) is 20.2. The Kier molecular flexibility index (Phi) is 7.15. The van der Waals surface area contributed by atoms with Crippen LogP contribution >= 0.6 is 23.5 Å². The molecule has 2 rings (SSSR count). The second-order valence-electron chi connectivity index (χ2n) is 5.61. The van der Waals surface area contributed by atoms with E-state index in [0.29, 0.717) is 5.56 Å². The lowest BCUT2D eigenvalue weighted by Gasteiger charge is -2.14. The zero-order valence-corrected chi connectivity index (χ0v) is 17.3. The van der Waals surface area contributed by atoms with Crippen LogP contribution in [-0.2, 0) is 32.4 Å². The van der Waals surface area contributed by atoms with Crippen LogP contribution in [0.1, 0.15) is 11.1 Å². The van der Waals surface area contributed by atoms with Crippen molar-refractivity contribution < 1.29 is 35.9 Å². The first-order chi connectivity index (χ1) is 12.5. The lowest BCUT2D eigenvalue weighted by molar-refractivity contribution is 0.107. The van der Waals surface area contributed by atoms with Crippen molar-refractivity contribution in [3.05, 3.63) is 58.1 Å². The number of benzene rings is 2. The van der Waals surface area contributed by atoms with Crippen molar-refractivity contribution in [2.45, 2.75) is 24.3 Å². The number of halogens is 3. The summed E-state index contributed by atoms with van der Waals surface area (Å²) in [7, 11) is -8.30. The Hall–Kier alpha value is -1.32. The monoisotopic (exact) mass is 484 g/mol. The highest BCUT2D eigenvalue weighted by molar-refractivity contribution is 9.10. The summed E-state index contributed by atoms with van der Waals surface area (Å²) in [5.41, 5.74) is 1.45. The van der Waals surface area contributed by atoms with Crippen LogP contribution in [0, 0.1) is 0 Å². The minimum absolute atomic E-state index is 0.179. The Bertz CT molecular complexity index is 950. The third-order valence-corrected chi connectivity index (χ3v) is 6.06. The first-order valence-electron chi connectivity index (χ1n) is 7.44. The molecule has 2 aromatic carbocycles. The van der Waals surface area contributed by atoms with Crippen molar-refractivity contribution >= 4 is 33.4 Å². The SMILES string of the molecule is CS(=O)(=O)c1ccc(COCc2ccc(OP(=O)(O)C(F)F)c(Br)c2)cc1. The number of sulfone groups is 1. The van der Waals surface area contributed by atoms with Gasteiger partial charge >= 0.3 is 13.8 Å². The lowest BCUT2D eigenvalue weighted by atomic mass is 10.2. The van der Waals surface area contributed by atoms with Gasteiger partial charge in [0.2, 0.25) is 0 Å². The number of rotatable bonds is 8. The van der Waals surface area contributed by atoms with Gasteiger partial charge in [-0.15, -0.1) is 0 Å². The van der Waals surface area contributed by atoms with E-state index in [0.717, 1.165) is 11.8 Å². The zero-order valence-electron chi connectivity index (χ0n) is 14.0. The van der Waals surface area contributed by atoms with Crippen LogP contribution in [0.2, 0.25) is 0 Å². The molecule has 27 heavy (non-hydrogen) atoms. The molecular formula is C16H16BrF2O6PS. The van der Waals surface area contributed by atoms with Crippen molar-refractivity contribution in [1.82, 2.24) is 0 Å². The van der Waals surface area contributed by atoms with Gasteiger partial charge in [-0.05, 0) is 51.3 Å². The predicted octanol–water partition coefficient (Wildman–Crippen LogP) is 4.36. The van der Waals surface area contributed by atoms with E-state index in [-0.39, 0.29) is 28.3 Å². The fraction of sp³-hybridized carbons (Fsp3) is 0.250. The fourth-order valence-corrected chi connectivity index (χ4v) is 3.79. The van der Waals surface area contributed by atoms with Gasteiger partial charge in [0.25, 0.3) is 0 Å². The third-order valence-electron chi connectivity index (χ3n) is 3.36. The van der Waals surface area contributed by atoms with E-state index in [1.165, 1.54) is 30.3 Å². The summed E-state index contributed by atoms with van der Waals surface area (Å²) in [6, 6.07) is 10.6. The van der Waals surface area contributed by atoms with Gasteiger partial charge in [0.1, 0.15) is 5.75 Å². The van der Waals surface area contributed by atoms with Gasteiger partial charge in [-0.2, -0.15) is 8.78 Å². The van der Waals surface area contributed by atoms with Gasteiger partial charge in [-0.3, -0.25) is 0 Å².